The Morgan fingerprint density at radius 1 is 1.03 bits per heavy atom. The van der Waals surface area contributed by atoms with Crippen molar-refractivity contribution in [1.82, 2.24) is 15.1 Å². The van der Waals surface area contributed by atoms with Crippen molar-refractivity contribution in [3.8, 4) is 0 Å². The van der Waals surface area contributed by atoms with Crippen LogP contribution in [0.25, 0.3) is 0 Å². The minimum Gasteiger partial charge on any atom is -0.342 e. The molecule has 3 amide bonds. The van der Waals surface area contributed by atoms with E-state index < -0.39 is 46.9 Å². The number of nitrogens with zero attached hydrogens (tertiary/aromatic N) is 2. The van der Waals surface area contributed by atoms with Crippen LogP contribution in [0.4, 0.5) is 13.2 Å². The highest BCUT2D eigenvalue weighted by molar-refractivity contribution is 6.30. The van der Waals surface area contributed by atoms with Gasteiger partial charge in [0.1, 0.15) is 17.9 Å². The highest BCUT2D eigenvalue weighted by atomic mass is 35.5. The Hall–Kier alpha value is -3.07. The van der Waals surface area contributed by atoms with Crippen LogP contribution >= 0.6 is 11.6 Å². The molecule has 2 heterocycles. The SMILES string of the molecule is O=C1N[C@@H](Cc2ccc(Cl)cc2)C(=O)N2CCN(C(=O)c3cc(F)c(F)cc3F)C[C@H]12. The van der Waals surface area contributed by atoms with E-state index in [1.807, 2.05) is 0 Å². The first-order valence-corrected chi connectivity index (χ1v) is 9.91. The Bertz CT molecular complexity index is 1060. The molecular formula is C21H17ClF3N3O3. The number of carbonyl (C=O) groups excluding carboxylic acids is 3. The van der Waals surface area contributed by atoms with Gasteiger partial charge in [-0.15, -0.1) is 0 Å². The molecule has 0 radical (unpaired) electrons. The lowest BCUT2D eigenvalue weighted by atomic mass is 9.98. The molecule has 4 rings (SSSR count). The third kappa shape index (κ3) is 4.10. The van der Waals surface area contributed by atoms with Gasteiger partial charge < -0.3 is 15.1 Å². The number of nitrogens with one attached hydrogen (secondary N) is 1. The van der Waals surface area contributed by atoms with E-state index in [9.17, 15) is 27.6 Å². The fourth-order valence-electron chi connectivity index (χ4n) is 3.84. The molecule has 0 aliphatic carbocycles. The van der Waals surface area contributed by atoms with Crippen molar-refractivity contribution in [2.24, 2.45) is 0 Å². The summed E-state index contributed by atoms with van der Waals surface area (Å²) in [6, 6.07) is 6.01. The second kappa shape index (κ2) is 8.22. The highest BCUT2D eigenvalue weighted by Gasteiger charge is 2.44. The van der Waals surface area contributed by atoms with Gasteiger partial charge in [-0.3, -0.25) is 14.4 Å². The largest absolute Gasteiger partial charge is 0.342 e. The normalized spacial score (nSPS) is 21.0. The van der Waals surface area contributed by atoms with Gasteiger partial charge in [0, 0.05) is 30.6 Å². The van der Waals surface area contributed by atoms with E-state index in [-0.39, 0.29) is 32.0 Å². The number of hydrogen-bond donors (Lipinski definition) is 1. The molecule has 2 aromatic carbocycles. The number of piperazine rings is 2. The predicted octanol–water partition coefficient (Wildman–Crippen LogP) is 2.15. The molecule has 0 bridgehead atoms. The van der Waals surface area contributed by atoms with E-state index in [2.05, 4.69) is 5.32 Å². The van der Waals surface area contributed by atoms with Crippen LogP contribution in [0.1, 0.15) is 15.9 Å². The van der Waals surface area contributed by atoms with Crippen LogP contribution in [-0.4, -0.2) is 59.2 Å². The lowest BCUT2D eigenvalue weighted by Crippen LogP contribution is -2.70. The third-order valence-corrected chi connectivity index (χ3v) is 5.71. The quantitative estimate of drug-likeness (QED) is 0.727. The van der Waals surface area contributed by atoms with E-state index in [0.29, 0.717) is 17.2 Å². The molecule has 2 aliphatic heterocycles. The van der Waals surface area contributed by atoms with Crippen molar-refractivity contribution in [3.05, 3.63) is 70.0 Å². The number of benzene rings is 2. The number of amides is 3. The van der Waals surface area contributed by atoms with Crippen molar-refractivity contribution in [3.63, 3.8) is 0 Å². The van der Waals surface area contributed by atoms with Crippen LogP contribution in [0.2, 0.25) is 5.02 Å². The summed E-state index contributed by atoms with van der Waals surface area (Å²) in [5.41, 5.74) is 0.194. The molecule has 1 N–H and O–H groups in total. The van der Waals surface area contributed by atoms with E-state index in [0.717, 1.165) is 10.5 Å². The van der Waals surface area contributed by atoms with Gasteiger partial charge in [0.2, 0.25) is 11.8 Å². The standard InChI is InChI=1S/C21H17ClF3N3O3/c22-12-3-1-11(2-4-12)7-17-21(31)28-6-5-27(10-18(28)19(29)26-17)20(30)13-8-15(24)16(25)9-14(13)23/h1-4,8-9,17-18H,5-7,10H2,(H,26,29)/t17-,18+/m0/s1. The van der Waals surface area contributed by atoms with Crippen LogP contribution in [-0.2, 0) is 16.0 Å². The van der Waals surface area contributed by atoms with Crippen molar-refractivity contribution >= 4 is 29.3 Å². The van der Waals surface area contributed by atoms with Crippen LogP contribution in [0.3, 0.4) is 0 Å². The summed E-state index contributed by atoms with van der Waals surface area (Å²) >= 11 is 5.87. The van der Waals surface area contributed by atoms with Gasteiger partial charge in [0.05, 0.1) is 12.1 Å². The minimum atomic E-state index is -1.40. The average molecular weight is 452 g/mol. The van der Waals surface area contributed by atoms with Gasteiger partial charge in [-0.05, 0) is 23.8 Å². The average Bonchev–Trinajstić information content (AvgIpc) is 2.75. The van der Waals surface area contributed by atoms with Crippen molar-refractivity contribution in [2.45, 2.75) is 18.5 Å². The number of fused-ring (bicyclic) bond motifs is 1. The fourth-order valence-corrected chi connectivity index (χ4v) is 3.96. The zero-order valence-corrected chi connectivity index (χ0v) is 16.8. The Balaban J connectivity index is 1.48. The number of rotatable bonds is 3. The van der Waals surface area contributed by atoms with Crippen LogP contribution in [0.15, 0.2) is 36.4 Å². The van der Waals surface area contributed by atoms with Gasteiger partial charge in [0.25, 0.3) is 5.91 Å². The maximum atomic E-state index is 14.0. The predicted molar refractivity (Wildman–Crippen MR) is 105 cm³/mol. The molecule has 2 atom stereocenters. The smallest absolute Gasteiger partial charge is 0.257 e. The Kier molecular flexibility index (Phi) is 5.62. The van der Waals surface area contributed by atoms with Gasteiger partial charge in [0.15, 0.2) is 11.6 Å². The number of halogens is 4. The van der Waals surface area contributed by atoms with Crippen molar-refractivity contribution < 1.29 is 27.6 Å². The highest BCUT2D eigenvalue weighted by Crippen LogP contribution is 2.22. The summed E-state index contributed by atoms with van der Waals surface area (Å²) in [6.45, 7) is -0.0893. The van der Waals surface area contributed by atoms with Crippen LogP contribution in [0, 0.1) is 17.5 Å². The molecule has 0 aromatic heterocycles. The van der Waals surface area contributed by atoms with Crippen LogP contribution < -0.4 is 5.32 Å². The zero-order chi connectivity index (χ0) is 22.3. The van der Waals surface area contributed by atoms with E-state index in [1.54, 1.807) is 24.3 Å². The van der Waals surface area contributed by atoms with E-state index in [4.69, 9.17) is 11.6 Å². The van der Waals surface area contributed by atoms with Gasteiger partial charge >= 0.3 is 0 Å². The Morgan fingerprint density at radius 3 is 2.42 bits per heavy atom. The maximum Gasteiger partial charge on any atom is 0.257 e. The molecule has 0 saturated carbocycles. The van der Waals surface area contributed by atoms with Crippen molar-refractivity contribution in [2.75, 3.05) is 19.6 Å². The molecule has 2 saturated heterocycles. The molecule has 31 heavy (non-hydrogen) atoms. The molecule has 10 heteroatoms. The lowest BCUT2D eigenvalue weighted by molar-refractivity contribution is -0.152. The van der Waals surface area contributed by atoms with Gasteiger partial charge in [-0.1, -0.05) is 23.7 Å². The van der Waals surface area contributed by atoms with E-state index in [1.165, 1.54) is 4.90 Å². The van der Waals surface area contributed by atoms with Crippen molar-refractivity contribution in [1.29, 1.82) is 0 Å². The minimum absolute atomic E-state index is 0.0282. The molecule has 162 valence electrons. The zero-order valence-electron chi connectivity index (χ0n) is 16.1. The molecule has 6 nitrogen and oxygen atoms in total. The van der Waals surface area contributed by atoms with Gasteiger partial charge in [-0.25, -0.2) is 13.2 Å². The monoisotopic (exact) mass is 451 g/mol. The second-order valence-electron chi connectivity index (χ2n) is 7.44. The number of carbonyl (C=O) groups is 3. The fraction of sp³-hybridized carbons (Fsp3) is 0.286. The third-order valence-electron chi connectivity index (χ3n) is 5.46. The maximum absolute atomic E-state index is 14.0. The molecule has 2 aliphatic rings. The van der Waals surface area contributed by atoms with Gasteiger partial charge in [-0.2, -0.15) is 0 Å². The Morgan fingerprint density at radius 2 is 1.71 bits per heavy atom. The lowest BCUT2D eigenvalue weighted by Gasteiger charge is -2.45. The summed E-state index contributed by atoms with van der Waals surface area (Å²) in [4.78, 5) is 40.7. The molecule has 0 unspecified atom stereocenters. The first-order valence-electron chi connectivity index (χ1n) is 9.53. The summed E-state index contributed by atoms with van der Waals surface area (Å²) in [7, 11) is 0. The molecular weight excluding hydrogens is 435 g/mol. The molecule has 2 fully saturated rings. The number of hydrogen-bond acceptors (Lipinski definition) is 3. The Labute approximate surface area is 180 Å². The second-order valence-corrected chi connectivity index (χ2v) is 7.87. The summed E-state index contributed by atoms with van der Waals surface area (Å²) < 4.78 is 40.6. The summed E-state index contributed by atoms with van der Waals surface area (Å²) in [5.74, 6) is -5.55. The molecule has 0 spiro atoms. The molecule has 2 aromatic rings. The summed E-state index contributed by atoms with van der Waals surface area (Å²) in [5, 5.41) is 3.23. The van der Waals surface area contributed by atoms with E-state index >= 15 is 0 Å². The first-order chi connectivity index (χ1) is 14.7. The first kappa shape index (κ1) is 21.2. The van der Waals surface area contributed by atoms with Crippen LogP contribution in [0.5, 0.6) is 0 Å². The topological polar surface area (TPSA) is 69.7 Å². The summed E-state index contributed by atoms with van der Waals surface area (Å²) in [6.07, 6.45) is 0.285.